The molecule has 5 heterocycles. The van der Waals surface area contributed by atoms with Crippen molar-refractivity contribution < 1.29 is 9.18 Å². The van der Waals surface area contributed by atoms with Gasteiger partial charge in [-0.2, -0.15) is 0 Å². The lowest BCUT2D eigenvalue weighted by molar-refractivity contribution is -0.119. The number of halogens is 1. The predicted octanol–water partition coefficient (Wildman–Crippen LogP) is 2.90. The molecule has 0 fully saturated rings. The van der Waals surface area contributed by atoms with Crippen molar-refractivity contribution in [1.82, 2.24) is 29.3 Å². The van der Waals surface area contributed by atoms with Gasteiger partial charge >= 0.3 is 0 Å². The fourth-order valence-corrected chi connectivity index (χ4v) is 4.05. The van der Waals surface area contributed by atoms with E-state index in [4.69, 9.17) is 10.7 Å². The summed E-state index contributed by atoms with van der Waals surface area (Å²) in [5.41, 5.74) is 8.04. The first kappa shape index (κ1) is 20.0. The molecule has 0 saturated carbocycles. The molecule has 162 valence electrons. The Bertz CT molecular complexity index is 1350. The molecule has 1 aliphatic heterocycles. The van der Waals surface area contributed by atoms with Gasteiger partial charge in [0.05, 0.1) is 23.1 Å². The first-order valence-electron chi connectivity index (χ1n) is 10.4. The van der Waals surface area contributed by atoms with Gasteiger partial charge in [0.2, 0.25) is 5.91 Å². The Hall–Kier alpha value is -3.95. The van der Waals surface area contributed by atoms with E-state index in [9.17, 15) is 9.18 Å². The number of aromatic nitrogens is 6. The van der Waals surface area contributed by atoms with Gasteiger partial charge in [-0.15, -0.1) is 0 Å². The first-order valence-corrected chi connectivity index (χ1v) is 10.4. The molecule has 1 amide bonds. The smallest absolute Gasteiger partial charge is 0.242 e. The van der Waals surface area contributed by atoms with Gasteiger partial charge in [-0.1, -0.05) is 13.3 Å². The average Bonchev–Trinajstić information content (AvgIpc) is 3.35. The van der Waals surface area contributed by atoms with E-state index >= 15 is 0 Å². The Morgan fingerprint density at radius 2 is 2.06 bits per heavy atom. The number of nitrogens with two attached hydrogens (primary N) is 1. The molecule has 0 aromatic carbocycles. The standard InChI is InChI=1S/C22H21FN8O/c1-3-4-5-13-20-25-8-9-31(20)11-14(27-13)18-28-17(24)16-19(29-18)30-21(32)22(16,2)15-7-6-12(23)10-26-15/h6-11H,3-5H2,1-2H3,(H3,24,28,29,30,32). The summed E-state index contributed by atoms with van der Waals surface area (Å²) in [6, 6.07) is 2.72. The van der Waals surface area contributed by atoms with E-state index in [0.717, 1.165) is 36.8 Å². The zero-order chi connectivity index (χ0) is 22.5. The Kier molecular flexibility index (Phi) is 4.58. The lowest BCUT2D eigenvalue weighted by Gasteiger charge is -2.22. The molecule has 5 rings (SSSR count). The van der Waals surface area contributed by atoms with Crippen LogP contribution >= 0.6 is 0 Å². The highest BCUT2D eigenvalue weighted by Gasteiger charge is 2.48. The fourth-order valence-electron chi connectivity index (χ4n) is 4.05. The minimum atomic E-state index is -1.24. The topological polar surface area (TPSA) is 124 Å². The number of amides is 1. The number of anilines is 2. The normalized spacial score (nSPS) is 17.5. The molecular formula is C22H21FN8O. The predicted molar refractivity (Wildman–Crippen MR) is 116 cm³/mol. The molecule has 0 bridgehead atoms. The minimum absolute atomic E-state index is 0.139. The molecule has 4 aromatic heterocycles. The van der Waals surface area contributed by atoms with Gasteiger partial charge in [0.25, 0.3) is 0 Å². The molecule has 4 aromatic rings. The number of nitrogens with one attached hydrogen (secondary N) is 1. The van der Waals surface area contributed by atoms with Crippen LogP contribution in [-0.2, 0) is 16.6 Å². The maximum atomic E-state index is 13.4. The number of carbonyl (C=O) groups excluding carboxylic acids is 1. The number of hydrogen-bond acceptors (Lipinski definition) is 7. The third-order valence-corrected chi connectivity index (χ3v) is 5.80. The molecule has 3 N–H and O–H groups in total. The third-order valence-electron chi connectivity index (χ3n) is 5.80. The van der Waals surface area contributed by atoms with Gasteiger partial charge in [0, 0.05) is 18.6 Å². The molecule has 1 atom stereocenters. The number of aryl methyl sites for hydroxylation is 1. The molecule has 32 heavy (non-hydrogen) atoms. The van der Waals surface area contributed by atoms with E-state index in [1.807, 2.05) is 10.6 Å². The zero-order valence-electron chi connectivity index (χ0n) is 17.6. The molecule has 1 unspecified atom stereocenters. The van der Waals surface area contributed by atoms with Crippen molar-refractivity contribution in [2.24, 2.45) is 0 Å². The summed E-state index contributed by atoms with van der Waals surface area (Å²) in [7, 11) is 0. The van der Waals surface area contributed by atoms with Crippen LogP contribution in [-0.4, -0.2) is 35.2 Å². The monoisotopic (exact) mass is 432 g/mol. The largest absolute Gasteiger partial charge is 0.383 e. The zero-order valence-corrected chi connectivity index (χ0v) is 17.6. The highest BCUT2D eigenvalue weighted by Crippen LogP contribution is 2.44. The van der Waals surface area contributed by atoms with Crippen molar-refractivity contribution in [2.75, 3.05) is 11.1 Å². The molecule has 10 heteroatoms. The number of nitrogens with zero attached hydrogens (tertiary/aromatic N) is 6. The second-order valence-corrected chi connectivity index (χ2v) is 7.93. The summed E-state index contributed by atoms with van der Waals surface area (Å²) >= 11 is 0. The van der Waals surface area contributed by atoms with Crippen LogP contribution in [0.2, 0.25) is 0 Å². The van der Waals surface area contributed by atoms with Gasteiger partial charge in [0.1, 0.15) is 28.6 Å². The summed E-state index contributed by atoms with van der Waals surface area (Å²) in [6.07, 6.45) is 9.20. The van der Waals surface area contributed by atoms with Crippen LogP contribution in [0.3, 0.4) is 0 Å². The summed E-state index contributed by atoms with van der Waals surface area (Å²) < 4.78 is 15.3. The van der Waals surface area contributed by atoms with Crippen molar-refractivity contribution in [3.05, 3.63) is 59.7 Å². The van der Waals surface area contributed by atoms with Crippen molar-refractivity contribution in [2.45, 2.75) is 38.5 Å². The van der Waals surface area contributed by atoms with E-state index in [-0.39, 0.29) is 11.7 Å². The van der Waals surface area contributed by atoms with E-state index in [1.54, 1.807) is 19.3 Å². The maximum Gasteiger partial charge on any atom is 0.242 e. The van der Waals surface area contributed by atoms with Gasteiger partial charge in [-0.25, -0.2) is 24.3 Å². The summed E-state index contributed by atoms with van der Waals surface area (Å²) in [5.74, 6) is -0.110. The fraction of sp³-hybridized carbons (Fsp3) is 0.273. The number of pyridine rings is 1. The highest BCUT2D eigenvalue weighted by molar-refractivity contribution is 6.08. The Morgan fingerprint density at radius 3 is 2.81 bits per heavy atom. The van der Waals surface area contributed by atoms with Crippen molar-refractivity contribution in [1.29, 1.82) is 0 Å². The van der Waals surface area contributed by atoms with Crippen LogP contribution in [0.5, 0.6) is 0 Å². The molecule has 0 radical (unpaired) electrons. The number of carbonyl (C=O) groups is 1. The van der Waals surface area contributed by atoms with Crippen LogP contribution < -0.4 is 11.1 Å². The molecule has 9 nitrogen and oxygen atoms in total. The number of rotatable bonds is 5. The van der Waals surface area contributed by atoms with E-state index < -0.39 is 11.2 Å². The Morgan fingerprint density at radius 1 is 1.22 bits per heavy atom. The van der Waals surface area contributed by atoms with Crippen LogP contribution in [0.1, 0.15) is 43.6 Å². The number of unbranched alkanes of at least 4 members (excludes halogenated alkanes) is 1. The van der Waals surface area contributed by atoms with E-state index in [1.165, 1.54) is 12.1 Å². The quantitative estimate of drug-likeness (QED) is 0.497. The Labute approximate surface area is 183 Å². The summed E-state index contributed by atoms with van der Waals surface area (Å²) in [4.78, 5) is 35.2. The van der Waals surface area contributed by atoms with Gasteiger partial charge in [-0.05, 0) is 31.9 Å². The lowest BCUT2D eigenvalue weighted by atomic mass is 9.81. The molecule has 0 saturated heterocycles. The minimum Gasteiger partial charge on any atom is -0.383 e. The first-order chi connectivity index (χ1) is 15.4. The van der Waals surface area contributed by atoms with Gasteiger partial charge in [-0.3, -0.25) is 9.78 Å². The maximum absolute atomic E-state index is 13.4. The van der Waals surface area contributed by atoms with Crippen molar-refractivity contribution >= 4 is 23.2 Å². The number of hydrogen-bond donors (Lipinski definition) is 2. The second kappa shape index (κ2) is 7.33. The van der Waals surface area contributed by atoms with Crippen LogP contribution in [0.15, 0.2) is 36.9 Å². The Balaban J connectivity index is 1.63. The van der Waals surface area contributed by atoms with Gasteiger partial charge < -0.3 is 15.5 Å². The molecular weight excluding hydrogens is 411 g/mol. The molecule has 0 aliphatic carbocycles. The van der Waals surface area contributed by atoms with Crippen LogP contribution in [0, 0.1) is 5.82 Å². The number of nitrogen functional groups attached to an aromatic ring is 1. The average molecular weight is 432 g/mol. The number of fused-ring (bicyclic) bond motifs is 2. The summed E-state index contributed by atoms with van der Waals surface area (Å²) in [6.45, 7) is 3.79. The SMILES string of the molecule is CCCCc1nc(-c2nc(N)c3c(n2)NC(=O)C3(C)c2ccc(F)cn2)cn2ccnc12. The van der Waals surface area contributed by atoms with Crippen molar-refractivity contribution in [3.63, 3.8) is 0 Å². The third kappa shape index (κ3) is 2.98. The van der Waals surface area contributed by atoms with E-state index in [2.05, 4.69) is 32.2 Å². The second-order valence-electron chi connectivity index (χ2n) is 7.93. The number of imidazole rings is 1. The highest BCUT2D eigenvalue weighted by atomic mass is 19.1. The molecule has 1 aliphatic rings. The lowest BCUT2D eigenvalue weighted by Crippen LogP contribution is -2.34. The summed E-state index contributed by atoms with van der Waals surface area (Å²) in [5, 5.41) is 2.78. The van der Waals surface area contributed by atoms with E-state index in [0.29, 0.717) is 28.6 Å². The van der Waals surface area contributed by atoms with Crippen molar-refractivity contribution in [3.8, 4) is 11.5 Å². The van der Waals surface area contributed by atoms with Crippen LogP contribution in [0.4, 0.5) is 16.0 Å². The molecule has 0 spiro atoms. The van der Waals surface area contributed by atoms with Crippen LogP contribution in [0.25, 0.3) is 17.2 Å². The van der Waals surface area contributed by atoms with Gasteiger partial charge in [0.15, 0.2) is 11.5 Å².